The number of nitrogens with zero attached hydrogens (tertiary/aromatic N) is 2. The van der Waals surface area contributed by atoms with Crippen molar-refractivity contribution in [1.82, 2.24) is 9.88 Å². The Labute approximate surface area is 140 Å². The molecule has 0 atom stereocenters. The first-order valence-corrected chi connectivity index (χ1v) is 8.21. The second kappa shape index (κ2) is 6.21. The topological polar surface area (TPSA) is 29.3 Å². The summed E-state index contributed by atoms with van der Waals surface area (Å²) in [6.45, 7) is 4.33. The highest BCUT2D eigenvalue weighted by atomic mass is 19.1. The van der Waals surface area contributed by atoms with E-state index in [-0.39, 0.29) is 5.82 Å². The number of aryl methyl sites for hydroxylation is 1. The minimum absolute atomic E-state index is 0.137. The summed E-state index contributed by atoms with van der Waals surface area (Å²) >= 11 is 0. The van der Waals surface area contributed by atoms with Gasteiger partial charge in [0.2, 0.25) is 5.89 Å². The van der Waals surface area contributed by atoms with Gasteiger partial charge in [-0.1, -0.05) is 30.3 Å². The SMILES string of the molecule is Cc1ccc2oc(C3=CCN(Cc4ccccc4F)CC3)nc2c1. The van der Waals surface area contributed by atoms with Crippen LogP contribution in [0.15, 0.2) is 53.0 Å². The van der Waals surface area contributed by atoms with Gasteiger partial charge in [0.05, 0.1) is 0 Å². The van der Waals surface area contributed by atoms with E-state index in [1.165, 1.54) is 11.6 Å². The van der Waals surface area contributed by atoms with E-state index in [2.05, 4.69) is 16.0 Å². The second-order valence-corrected chi connectivity index (χ2v) is 6.30. The first-order chi connectivity index (χ1) is 11.7. The molecule has 2 aromatic carbocycles. The Bertz CT molecular complexity index is 913. The summed E-state index contributed by atoms with van der Waals surface area (Å²) in [7, 11) is 0. The third kappa shape index (κ3) is 2.97. The summed E-state index contributed by atoms with van der Waals surface area (Å²) in [5.41, 5.74) is 4.78. The number of halogens is 1. The highest BCUT2D eigenvalue weighted by Crippen LogP contribution is 2.26. The van der Waals surface area contributed by atoms with E-state index in [0.717, 1.165) is 41.7 Å². The van der Waals surface area contributed by atoms with Gasteiger partial charge >= 0.3 is 0 Å². The van der Waals surface area contributed by atoms with Gasteiger partial charge < -0.3 is 4.42 Å². The van der Waals surface area contributed by atoms with Crippen LogP contribution in [0.1, 0.15) is 23.4 Å². The lowest BCUT2D eigenvalue weighted by atomic mass is 10.1. The normalized spacial score (nSPS) is 15.7. The van der Waals surface area contributed by atoms with Crippen LogP contribution in [0.3, 0.4) is 0 Å². The van der Waals surface area contributed by atoms with E-state index in [4.69, 9.17) is 4.42 Å². The summed E-state index contributed by atoms with van der Waals surface area (Å²) in [5.74, 6) is 0.572. The number of hydrogen-bond donors (Lipinski definition) is 0. The standard InChI is InChI=1S/C20H19FN2O/c1-14-6-7-19-18(12-14)22-20(24-19)15-8-10-23(11-9-15)13-16-4-2-3-5-17(16)21/h2-8,12H,9-11,13H2,1H3. The lowest BCUT2D eigenvalue weighted by Gasteiger charge is -2.25. The molecule has 0 N–H and O–H groups in total. The average molecular weight is 322 g/mol. The second-order valence-electron chi connectivity index (χ2n) is 6.30. The van der Waals surface area contributed by atoms with Crippen molar-refractivity contribution in [2.24, 2.45) is 0 Å². The van der Waals surface area contributed by atoms with Crippen molar-refractivity contribution in [2.45, 2.75) is 19.9 Å². The van der Waals surface area contributed by atoms with Gasteiger partial charge in [0.15, 0.2) is 5.58 Å². The molecule has 0 amide bonds. The summed E-state index contributed by atoms with van der Waals surface area (Å²) < 4.78 is 19.6. The zero-order chi connectivity index (χ0) is 16.5. The summed E-state index contributed by atoms with van der Waals surface area (Å²) in [6, 6.07) is 13.0. The molecule has 122 valence electrons. The molecule has 3 aromatic rings. The average Bonchev–Trinajstić information content (AvgIpc) is 3.01. The third-order valence-corrected chi connectivity index (χ3v) is 4.46. The number of aromatic nitrogens is 1. The van der Waals surface area contributed by atoms with Crippen LogP contribution < -0.4 is 0 Å². The smallest absolute Gasteiger partial charge is 0.222 e. The van der Waals surface area contributed by atoms with Crippen molar-refractivity contribution in [2.75, 3.05) is 13.1 Å². The maximum Gasteiger partial charge on any atom is 0.222 e. The Hall–Kier alpha value is -2.46. The van der Waals surface area contributed by atoms with Crippen LogP contribution in [0.25, 0.3) is 16.7 Å². The van der Waals surface area contributed by atoms with Crippen LogP contribution >= 0.6 is 0 Å². The fourth-order valence-corrected chi connectivity index (χ4v) is 3.09. The first kappa shape index (κ1) is 15.1. The van der Waals surface area contributed by atoms with E-state index in [1.807, 2.05) is 37.3 Å². The molecule has 1 aliphatic heterocycles. The predicted molar refractivity (Wildman–Crippen MR) is 93.0 cm³/mol. The molecule has 0 bridgehead atoms. The molecular weight excluding hydrogens is 303 g/mol. The highest BCUT2D eigenvalue weighted by molar-refractivity contribution is 5.76. The molecule has 2 heterocycles. The Morgan fingerprint density at radius 1 is 1.21 bits per heavy atom. The van der Waals surface area contributed by atoms with Crippen LogP contribution in [-0.4, -0.2) is 23.0 Å². The van der Waals surface area contributed by atoms with Crippen molar-refractivity contribution >= 4 is 16.7 Å². The van der Waals surface area contributed by atoms with Crippen LogP contribution in [-0.2, 0) is 6.54 Å². The van der Waals surface area contributed by atoms with E-state index in [1.54, 1.807) is 6.07 Å². The molecule has 0 saturated carbocycles. The van der Waals surface area contributed by atoms with Crippen LogP contribution in [0, 0.1) is 12.7 Å². The number of benzene rings is 2. The maximum atomic E-state index is 13.8. The molecule has 0 fully saturated rings. The van der Waals surface area contributed by atoms with Crippen molar-refractivity contribution in [1.29, 1.82) is 0 Å². The van der Waals surface area contributed by atoms with E-state index in [0.29, 0.717) is 12.4 Å². The number of hydrogen-bond acceptors (Lipinski definition) is 3. The van der Waals surface area contributed by atoms with Gasteiger partial charge in [-0.2, -0.15) is 0 Å². The van der Waals surface area contributed by atoms with Gasteiger partial charge in [-0.15, -0.1) is 0 Å². The molecule has 0 unspecified atom stereocenters. The Morgan fingerprint density at radius 2 is 2.08 bits per heavy atom. The van der Waals surface area contributed by atoms with Gasteiger partial charge in [0.1, 0.15) is 11.3 Å². The van der Waals surface area contributed by atoms with Crippen LogP contribution in [0.5, 0.6) is 0 Å². The minimum atomic E-state index is -0.137. The molecule has 4 rings (SSSR count). The molecule has 0 spiro atoms. The lowest BCUT2D eigenvalue weighted by molar-refractivity contribution is 0.288. The van der Waals surface area contributed by atoms with Gasteiger partial charge in [-0.25, -0.2) is 9.37 Å². The molecular formula is C20H19FN2O. The highest BCUT2D eigenvalue weighted by Gasteiger charge is 2.18. The summed E-state index contributed by atoms with van der Waals surface area (Å²) in [6.07, 6.45) is 3.00. The molecule has 0 aliphatic carbocycles. The van der Waals surface area contributed by atoms with Crippen LogP contribution in [0.4, 0.5) is 4.39 Å². The van der Waals surface area contributed by atoms with Crippen LogP contribution in [0.2, 0.25) is 0 Å². The summed E-state index contributed by atoms with van der Waals surface area (Å²) in [4.78, 5) is 6.84. The summed E-state index contributed by atoms with van der Waals surface area (Å²) in [5, 5.41) is 0. The fourth-order valence-electron chi connectivity index (χ4n) is 3.09. The number of oxazole rings is 1. The molecule has 3 nitrogen and oxygen atoms in total. The largest absolute Gasteiger partial charge is 0.436 e. The van der Waals surface area contributed by atoms with E-state index >= 15 is 0 Å². The van der Waals surface area contributed by atoms with Crippen molar-refractivity contribution in [3.8, 4) is 0 Å². The monoisotopic (exact) mass is 322 g/mol. The predicted octanol–water partition coefficient (Wildman–Crippen LogP) is 4.56. The van der Waals surface area contributed by atoms with Crippen molar-refractivity contribution in [3.05, 3.63) is 71.4 Å². The molecule has 0 radical (unpaired) electrons. The minimum Gasteiger partial charge on any atom is -0.436 e. The Balaban J connectivity index is 1.50. The fraction of sp³-hybridized carbons (Fsp3) is 0.250. The van der Waals surface area contributed by atoms with Gasteiger partial charge in [0, 0.05) is 30.8 Å². The Morgan fingerprint density at radius 3 is 2.88 bits per heavy atom. The third-order valence-electron chi connectivity index (χ3n) is 4.46. The van der Waals surface area contributed by atoms with Crippen molar-refractivity contribution in [3.63, 3.8) is 0 Å². The molecule has 0 saturated heterocycles. The van der Waals surface area contributed by atoms with E-state index in [9.17, 15) is 4.39 Å². The van der Waals surface area contributed by atoms with E-state index < -0.39 is 0 Å². The zero-order valence-corrected chi connectivity index (χ0v) is 13.6. The first-order valence-electron chi connectivity index (χ1n) is 8.21. The zero-order valence-electron chi connectivity index (χ0n) is 13.6. The van der Waals surface area contributed by atoms with Crippen molar-refractivity contribution < 1.29 is 8.81 Å². The number of fused-ring (bicyclic) bond motifs is 1. The quantitative estimate of drug-likeness (QED) is 0.707. The lowest BCUT2D eigenvalue weighted by Crippen LogP contribution is -2.28. The maximum absolute atomic E-state index is 13.8. The molecule has 1 aliphatic rings. The molecule has 1 aromatic heterocycles. The molecule has 24 heavy (non-hydrogen) atoms. The van der Waals surface area contributed by atoms with Gasteiger partial charge in [-0.3, -0.25) is 4.90 Å². The van der Waals surface area contributed by atoms with Gasteiger partial charge in [0.25, 0.3) is 0 Å². The number of rotatable bonds is 3. The Kier molecular flexibility index (Phi) is 3.90. The van der Waals surface area contributed by atoms with Gasteiger partial charge in [-0.05, 0) is 37.1 Å². The molecule has 4 heteroatoms.